The molecule has 1 aromatic heterocycles. The number of aliphatic hydroxyl groups excluding tert-OH is 1. The number of methoxy groups -OCH3 is 2. The van der Waals surface area contributed by atoms with E-state index in [4.69, 9.17) is 47.0 Å². The average Bonchev–Trinajstić information content (AvgIpc) is 3.47. The number of hydrogen-bond acceptors (Lipinski definition) is 17. The molecule has 1 aromatic rings. The number of rotatable bonds is 11. The highest BCUT2D eigenvalue weighted by Crippen LogP contribution is 2.89. The predicted molar refractivity (Wildman–Crippen MR) is 187 cm³/mol. The Kier molecular flexibility index (Phi) is 8.46. The van der Waals surface area contributed by atoms with E-state index in [1.807, 2.05) is 0 Å². The molecule has 3 aliphatic heterocycles. The summed E-state index contributed by atoms with van der Waals surface area (Å²) in [6, 6.07) is 1.57. The standard InChI is InChI=1S/C40H52O17/c1-11-25(43)52-30-38(47)29(53-31(46)34(6)19(2)54-34)33(5)18-37(38)35(7,22(33)14-26(44)48-9)40-24(42)16-32(4,28(51-20(3)41)21-12-13-50-17-21)23(15-27(45)49-10)39(30,40)56-36(8,55-37)57-40/h12-13,17,19,22-24,28-30,42,47H,11,14-16,18H2,1-10H3/t19-,22+,23-,24-,28+,29+,30-,32-,33-,34+,35-,36-,37-,38+,39-,40+/m1/s1. The minimum absolute atomic E-state index is 0.0865. The molecule has 4 heterocycles. The molecular formula is C40H52O17. The lowest BCUT2D eigenvalue weighted by molar-refractivity contribution is -0.487. The fraction of sp³-hybridized carbons (Fsp3) is 0.775. The molecule has 4 saturated carbocycles. The van der Waals surface area contributed by atoms with Crippen molar-refractivity contribution in [1.82, 2.24) is 0 Å². The molecular weight excluding hydrogens is 752 g/mol. The van der Waals surface area contributed by atoms with E-state index in [0.717, 1.165) is 0 Å². The van der Waals surface area contributed by atoms with Crippen LogP contribution in [0.2, 0.25) is 0 Å². The summed E-state index contributed by atoms with van der Waals surface area (Å²) in [7, 11) is 2.42. The fourth-order valence-corrected chi connectivity index (χ4v) is 13.2. The second-order valence-electron chi connectivity index (χ2n) is 18.0. The van der Waals surface area contributed by atoms with Gasteiger partial charge in [-0.05, 0) is 38.7 Å². The summed E-state index contributed by atoms with van der Waals surface area (Å²) in [5.41, 5.74) is -14.4. The molecule has 0 aromatic carbocycles. The molecule has 16 atom stereocenters. The Hall–Kier alpha value is -3.61. The van der Waals surface area contributed by atoms with Crippen molar-refractivity contribution in [2.45, 2.75) is 152 Å². The van der Waals surface area contributed by atoms with Crippen LogP contribution < -0.4 is 0 Å². The minimum atomic E-state index is -2.53. The first kappa shape index (κ1) is 40.2. The van der Waals surface area contributed by atoms with Crippen LogP contribution in [0.1, 0.15) is 99.2 Å². The molecule has 7 aliphatic rings. The van der Waals surface area contributed by atoms with Crippen LogP contribution in [0.25, 0.3) is 0 Å². The second-order valence-corrected chi connectivity index (χ2v) is 18.0. The molecule has 17 nitrogen and oxygen atoms in total. The lowest BCUT2D eigenvalue weighted by atomic mass is 9.33. The number of furan rings is 1. The van der Waals surface area contributed by atoms with Crippen LogP contribution in [0.3, 0.4) is 0 Å². The van der Waals surface area contributed by atoms with E-state index in [9.17, 15) is 34.2 Å². The summed E-state index contributed by atoms with van der Waals surface area (Å²) in [6.07, 6.45) is -5.50. The van der Waals surface area contributed by atoms with E-state index in [1.165, 1.54) is 40.6 Å². The van der Waals surface area contributed by atoms with Crippen molar-refractivity contribution in [3.63, 3.8) is 0 Å². The van der Waals surface area contributed by atoms with Crippen LogP contribution in [0, 0.1) is 28.1 Å². The van der Waals surface area contributed by atoms with Gasteiger partial charge in [0, 0.05) is 54.4 Å². The van der Waals surface area contributed by atoms with Crippen molar-refractivity contribution in [2.24, 2.45) is 28.1 Å². The Morgan fingerprint density at radius 1 is 0.912 bits per heavy atom. The average molecular weight is 805 g/mol. The zero-order chi connectivity index (χ0) is 41.7. The van der Waals surface area contributed by atoms with Crippen molar-refractivity contribution in [2.75, 3.05) is 14.2 Å². The number of carbonyl (C=O) groups is 5. The molecule has 2 spiro atoms. The van der Waals surface area contributed by atoms with Crippen molar-refractivity contribution < 1.29 is 81.2 Å². The van der Waals surface area contributed by atoms with E-state index >= 15 is 0 Å². The monoisotopic (exact) mass is 804 g/mol. The van der Waals surface area contributed by atoms with Gasteiger partial charge in [0.05, 0.1) is 45.4 Å². The highest BCUT2D eigenvalue weighted by atomic mass is 16.9. The maximum atomic E-state index is 14.2. The molecule has 2 N–H and O–H groups in total. The summed E-state index contributed by atoms with van der Waals surface area (Å²) in [4.78, 5) is 68.5. The molecule has 57 heavy (non-hydrogen) atoms. The van der Waals surface area contributed by atoms with Gasteiger partial charge >= 0.3 is 29.8 Å². The van der Waals surface area contributed by atoms with Gasteiger partial charge in [-0.15, -0.1) is 0 Å². The third kappa shape index (κ3) is 4.42. The zero-order valence-electron chi connectivity index (χ0n) is 33.8. The first-order chi connectivity index (χ1) is 26.5. The molecule has 3 saturated heterocycles. The number of aliphatic hydroxyl groups is 2. The number of ether oxygens (including phenoxy) is 9. The Morgan fingerprint density at radius 3 is 2.09 bits per heavy atom. The van der Waals surface area contributed by atoms with Gasteiger partial charge in [-0.2, -0.15) is 0 Å². The van der Waals surface area contributed by atoms with E-state index in [1.54, 1.807) is 47.6 Å². The van der Waals surface area contributed by atoms with E-state index in [-0.39, 0.29) is 25.7 Å². The summed E-state index contributed by atoms with van der Waals surface area (Å²) < 4.78 is 61.7. The summed E-state index contributed by atoms with van der Waals surface area (Å²) in [5, 5.41) is 27.3. The van der Waals surface area contributed by atoms with Crippen molar-refractivity contribution in [3.8, 4) is 0 Å². The van der Waals surface area contributed by atoms with Crippen LogP contribution >= 0.6 is 0 Å². The van der Waals surface area contributed by atoms with Gasteiger partial charge < -0.3 is 57.3 Å². The third-order valence-corrected chi connectivity index (χ3v) is 15.5. The molecule has 4 bridgehead atoms. The number of hydrogen-bond donors (Lipinski definition) is 2. The largest absolute Gasteiger partial charge is 0.472 e. The quantitative estimate of drug-likeness (QED) is 0.186. The maximum absolute atomic E-state index is 14.2. The van der Waals surface area contributed by atoms with E-state index in [2.05, 4.69) is 0 Å². The second kappa shape index (κ2) is 12.0. The van der Waals surface area contributed by atoms with Crippen LogP contribution in [0.4, 0.5) is 0 Å². The third-order valence-electron chi connectivity index (χ3n) is 15.5. The van der Waals surface area contributed by atoms with Crippen LogP contribution in [-0.2, 0) is 66.6 Å². The summed E-state index contributed by atoms with van der Waals surface area (Å²) in [5.74, 6) is -8.14. The zero-order valence-corrected chi connectivity index (χ0v) is 33.8. The van der Waals surface area contributed by atoms with E-state index in [0.29, 0.717) is 5.56 Å². The molecule has 0 amide bonds. The number of esters is 5. The SMILES string of the molecule is CCC(=O)O[C@@H]1[C@@]2(O)[C@@H](OC(=O)[C@@]3(C)O[C@@H]3C)[C@]3(C)C[C@]24O[C@]2(C)O[C@]15[C@H](CC(=O)OC)[C@](C)([C@@H](OC(C)=O)c1ccoc1)C[C@@H](O)[C@]5(O2)[C@]4(C)[C@H]3CC(=O)OC. The highest BCUT2D eigenvalue weighted by molar-refractivity contribution is 5.83. The van der Waals surface area contributed by atoms with Gasteiger partial charge in [0.1, 0.15) is 23.4 Å². The van der Waals surface area contributed by atoms with Crippen LogP contribution in [0.15, 0.2) is 23.0 Å². The number of fused-ring (bicyclic) bond motifs is 2. The van der Waals surface area contributed by atoms with Crippen molar-refractivity contribution in [3.05, 3.63) is 24.2 Å². The summed E-state index contributed by atoms with van der Waals surface area (Å²) >= 11 is 0. The smallest absolute Gasteiger partial charge is 0.341 e. The summed E-state index contributed by atoms with van der Waals surface area (Å²) in [6.45, 7) is 12.6. The fourth-order valence-electron chi connectivity index (χ4n) is 13.2. The highest BCUT2D eigenvalue weighted by Gasteiger charge is 3.05. The molecule has 0 unspecified atom stereocenters. The molecule has 314 valence electrons. The molecule has 4 aliphatic carbocycles. The van der Waals surface area contributed by atoms with Crippen LogP contribution in [-0.4, -0.2) is 113 Å². The predicted octanol–water partition coefficient (Wildman–Crippen LogP) is 2.57. The lowest BCUT2D eigenvalue weighted by Gasteiger charge is -2.77. The lowest BCUT2D eigenvalue weighted by Crippen LogP contribution is -2.95. The molecule has 0 radical (unpaired) electrons. The Labute approximate surface area is 329 Å². The Bertz CT molecular complexity index is 1920. The molecule has 8 rings (SSSR count). The Balaban J connectivity index is 1.48. The first-order valence-corrected chi connectivity index (χ1v) is 19.4. The minimum Gasteiger partial charge on any atom is -0.472 e. The molecule has 17 heteroatoms. The maximum Gasteiger partial charge on any atom is 0.341 e. The van der Waals surface area contributed by atoms with Gasteiger partial charge in [0.2, 0.25) is 0 Å². The van der Waals surface area contributed by atoms with Crippen LogP contribution in [0.5, 0.6) is 0 Å². The van der Waals surface area contributed by atoms with Gasteiger partial charge in [-0.25, -0.2) is 4.79 Å². The number of carbonyl (C=O) groups excluding carboxylic acids is 5. The number of epoxide rings is 1. The topological polar surface area (TPSA) is 225 Å². The normalized spacial score (nSPS) is 49.8. The Morgan fingerprint density at radius 2 is 1.54 bits per heavy atom. The van der Waals surface area contributed by atoms with Gasteiger partial charge in [-0.3, -0.25) is 19.2 Å². The first-order valence-electron chi connectivity index (χ1n) is 19.4. The molecule has 7 fully saturated rings. The van der Waals surface area contributed by atoms with Crippen molar-refractivity contribution >= 4 is 29.8 Å². The van der Waals surface area contributed by atoms with Gasteiger partial charge in [0.25, 0.3) is 5.97 Å². The van der Waals surface area contributed by atoms with E-state index < -0.39 is 129 Å². The van der Waals surface area contributed by atoms with Crippen molar-refractivity contribution in [1.29, 1.82) is 0 Å². The van der Waals surface area contributed by atoms with Gasteiger partial charge in [-0.1, -0.05) is 27.7 Å². The van der Waals surface area contributed by atoms with Gasteiger partial charge in [0.15, 0.2) is 22.9 Å².